The number of carbonyl (C=O) groups is 4. The Morgan fingerprint density at radius 2 is 1.11 bits per heavy atom. The molecule has 0 saturated carbocycles. The SMILES string of the molecule is C=C(CC(=O)O)C(=O)O.O=C(CCS)OCC(COC(=O)CCS)(COC(O)CCS)COC(O)CCS. The first-order valence-electron chi connectivity index (χ1n) is 11.3. The highest BCUT2D eigenvalue weighted by atomic mass is 32.1. The third-order valence-corrected chi connectivity index (χ3v) is 5.26. The number of rotatable bonds is 21. The highest BCUT2D eigenvalue weighted by Gasteiger charge is 2.36. The third-order valence-electron chi connectivity index (χ3n) is 4.29. The summed E-state index contributed by atoms with van der Waals surface area (Å²) in [6, 6.07) is 0. The molecule has 16 heteroatoms. The molecular formula is C22H38O12S4. The minimum Gasteiger partial charge on any atom is -0.481 e. The first kappa shape index (κ1) is 39.0. The van der Waals surface area contributed by atoms with E-state index in [4.69, 9.17) is 29.2 Å². The van der Waals surface area contributed by atoms with Crippen LogP contribution in [0.15, 0.2) is 12.2 Å². The van der Waals surface area contributed by atoms with Crippen molar-refractivity contribution in [1.82, 2.24) is 0 Å². The van der Waals surface area contributed by atoms with Gasteiger partial charge in [-0.1, -0.05) is 6.58 Å². The smallest absolute Gasteiger partial charge is 0.331 e. The van der Waals surface area contributed by atoms with Gasteiger partial charge in [-0.2, -0.15) is 50.5 Å². The lowest BCUT2D eigenvalue weighted by molar-refractivity contribution is -0.194. The van der Waals surface area contributed by atoms with Crippen LogP contribution in [0.25, 0.3) is 0 Å². The maximum Gasteiger partial charge on any atom is 0.331 e. The molecule has 0 spiro atoms. The lowest BCUT2D eigenvalue weighted by atomic mass is 9.92. The number of carboxylic acids is 2. The van der Waals surface area contributed by atoms with Crippen molar-refractivity contribution >= 4 is 74.4 Å². The van der Waals surface area contributed by atoms with Crippen molar-refractivity contribution in [2.75, 3.05) is 49.4 Å². The van der Waals surface area contributed by atoms with E-state index in [1.807, 2.05) is 0 Å². The van der Waals surface area contributed by atoms with Crippen LogP contribution in [-0.2, 0) is 38.1 Å². The summed E-state index contributed by atoms with van der Waals surface area (Å²) in [6.07, 6.45) is -1.95. The Morgan fingerprint density at radius 3 is 1.37 bits per heavy atom. The van der Waals surface area contributed by atoms with E-state index < -0.39 is 48.3 Å². The molecule has 0 saturated heterocycles. The predicted molar refractivity (Wildman–Crippen MR) is 151 cm³/mol. The first-order chi connectivity index (χ1) is 17.9. The van der Waals surface area contributed by atoms with Gasteiger partial charge in [0.2, 0.25) is 0 Å². The molecule has 0 rings (SSSR count). The zero-order chi connectivity index (χ0) is 29.6. The van der Waals surface area contributed by atoms with Crippen molar-refractivity contribution in [3.05, 3.63) is 12.2 Å². The van der Waals surface area contributed by atoms with Gasteiger partial charge < -0.3 is 39.4 Å². The fourth-order valence-corrected chi connectivity index (χ4v) is 3.04. The number of ether oxygens (including phenoxy) is 4. The van der Waals surface area contributed by atoms with Crippen LogP contribution < -0.4 is 0 Å². The lowest BCUT2D eigenvalue weighted by Crippen LogP contribution is -2.44. The molecule has 0 aromatic rings. The van der Waals surface area contributed by atoms with E-state index in [2.05, 4.69) is 57.1 Å². The van der Waals surface area contributed by atoms with Gasteiger partial charge in [0.1, 0.15) is 13.2 Å². The van der Waals surface area contributed by atoms with Gasteiger partial charge in [-0.3, -0.25) is 14.4 Å². The van der Waals surface area contributed by atoms with Crippen molar-refractivity contribution < 1.29 is 58.6 Å². The van der Waals surface area contributed by atoms with Crippen molar-refractivity contribution in [1.29, 1.82) is 0 Å². The number of carboxylic acid groups (broad SMARTS) is 2. The fraction of sp³-hybridized carbons (Fsp3) is 0.727. The summed E-state index contributed by atoms with van der Waals surface area (Å²) in [4.78, 5) is 43.3. The second kappa shape index (κ2) is 23.7. The lowest BCUT2D eigenvalue weighted by Gasteiger charge is -2.33. The van der Waals surface area contributed by atoms with Gasteiger partial charge in [0.15, 0.2) is 12.6 Å². The van der Waals surface area contributed by atoms with E-state index >= 15 is 0 Å². The molecular weight excluding hydrogens is 584 g/mol. The normalized spacial score (nSPS) is 12.5. The Kier molecular flexibility index (Phi) is 24.3. The summed E-state index contributed by atoms with van der Waals surface area (Å²) < 4.78 is 21.4. The third kappa shape index (κ3) is 21.8. The van der Waals surface area contributed by atoms with Crippen LogP contribution in [-0.4, -0.2) is 106 Å². The number of thiol groups is 4. The number of carbonyl (C=O) groups excluding carboxylic acids is 2. The number of aliphatic carboxylic acids is 2. The van der Waals surface area contributed by atoms with E-state index in [1.165, 1.54) is 0 Å². The van der Waals surface area contributed by atoms with Crippen LogP contribution in [0.3, 0.4) is 0 Å². The summed E-state index contributed by atoms with van der Waals surface area (Å²) >= 11 is 16.1. The van der Waals surface area contributed by atoms with E-state index in [0.717, 1.165) is 0 Å². The van der Waals surface area contributed by atoms with Gasteiger partial charge in [-0.25, -0.2) is 4.79 Å². The Hall–Kier alpha value is -1.14. The zero-order valence-corrected chi connectivity index (χ0v) is 24.5. The van der Waals surface area contributed by atoms with Gasteiger partial charge in [0.25, 0.3) is 0 Å². The van der Waals surface area contributed by atoms with Crippen LogP contribution >= 0.6 is 50.5 Å². The quantitative estimate of drug-likeness (QED) is 0.0395. The van der Waals surface area contributed by atoms with Gasteiger partial charge >= 0.3 is 23.9 Å². The molecule has 0 aromatic carbocycles. The minimum absolute atomic E-state index is 0.102. The van der Waals surface area contributed by atoms with E-state index in [9.17, 15) is 29.4 Å². The molecule has 222 valence electrons. The topological polar surface area (TPSA) is 186 Å². The molecule has 0 heterocycles. The molecule has 2 unspecified atom stereocenters. The van der Waals surface area contributed by atoms with Crippen LogP contribution in [0.1, 0.15) is 32.1 Å². The van der Waals surface area contributed by atoms with Gasteiger partial charge in [0.05, 0.1) is 37.9 Å². The van der Waals surface area contributed by atoms with Crippen LogP contribution in [0.4, 0.5) is 0 Å². The van der Waals surface area contributed by atoms with Crippen LogP contribution in [0.2, 0.25) is 0 Å². The number of aliphatic hydroxyl groups excluding tert-OH is 2. The Balaban J connectivity index is 0. The van der Waals surface area contributed by atoms with Crippen molar-refractivity contribution in [2.24, 2.45) is 5.41 Å². The molecule has 0 radical (unpaired) electrons. The molecule has 0 bridgehead atoms. The monoisotopic (exact) mass is 622 g/mol. The fourth-order valence-electron chi connectivity index (χ4n) is 2.24. The highest BCUT2D eigenvalue weighted by molar-refractivity contribution is 7.80. The van der Waals surface area contributed by atoms with E-state index in [-0.39, 0.29) is 57.7 Å². The average molecular weight is 623 g/mol. The molecule has 0 aliphatic heterocycles. The summed E-state index contributed by atoms with van der Waals surface area (Å²) in [5.74, 6) is -1.98. The van der Waals surface area contributed by atoms with Gasteiger partial charge in [-0.15, -0.1) is 0 Å². The van der Waals surface area contributed by atoms with Crippen molar-refractivity contribution in [3.63, 3.8) is 0 Å². The standard InChI is InChI=1S/C17H32O8S4.C5H6O4/c18-13(1-5-26)22-9-17(10-23-14(19)2-6-27,11-24-15(20)3-7-28)12-25-16(21)4-8-29;1-3(5(8)9)2-4(6)7/h13-14,18-19,26-29H,1-12H2;1-2H2,(H,6,7)(H,8,9). The predicted octanol–water partition coefficient (Wildman–Crippen LogP) is 1.11. The van der Waals surface area contributed by atoms with Crippen molar-refractivity contribution in [3.8, 4) is 0 Å². The number of hydrogen-bond acceptors (Lipinski definition) is 14. The summed E-state index contributed by atoms with van der Waals surface area (Å²) in [5, 5.41) is 35.9. The zero-order valence-electron chi connectivity index (χ0n) is 20.9. The number of hydrogen-bond donors (Lipinski definition) is 8. The molecule has 0 aromatic heterocycles. The molecule has 0 aliphatic rings. The second-order valence-electron chi connectivity index (χ2n) is 7.80. The minimum atomic E-state index is -1.27. The molecule has 38 heavy (non-hydrogen) atoms. The number of esters is 2. The summed E-state index contributed by atoms with van der Waals surface area (Å²) in [5.41, 5.74) is -1.43. The summed E-state index contributed by atoms with van der Waals surface area (Å²) in [7, 11) is 0. The van der Waals surface area contributed by atoms with Gasteiger partial charge in [-0.05, 0) is 11.5 Å². The molecule has 0 aliphatic carbocycles. The average Bonchev–Trinajstić information content (AvgIpc) is 2.84. The Bertz CT molecular complexity index is 682. The Labute approximate surface area is 244 Å². The highest BCUT2D eigenvalue weighted by Crippen LogP contribution is 2.23. The van der Waals surface area contributed by atoms with Crippen molar-refractivity contribution in [2.45, 2.75) is 44.7 Å². The Morgan fingerprint density at radius 1 is 0.711 bits per heavy atom. The molecule has 0 fully saturated rings. The molecule has 12 nitrogen and oxygen atoms in total. The molecule has 0 amide bonds. The summed E-state index contributed by atoms with van der Waals surface area (Å²) in [6.45, 7) is 2.33. The number of aliphatic hydroxyl groups is 2. The van der Waals surface area contributed by atoms with Gasteiger partial charge in [0, 0.05) is 29.9 Å². The molecule has 2 atom stereocenters. The maximum atomic E-state index is 11.8. The van der Waals surface area contributed by atoms with E-state index in [1.54, 1.807) is 0 Å². The second-order valence-corrected chi connectivity index (χ2v) is 9.59. The van der Waals surface area contributed by atoms with E-state index in [0.29, 0.717) is 23.0 Å². The van der Waals surface area contributed by atoms with Crippen LogP contribution in [0, 0.1) is 5.41 Å². The molecule has 4 N–H and O–H groups in total. The largest absolute Gasteiger partial charge is 0.481 e. The van der Waals surface area contributed by atoms with Crippen LogP contribution in [0.5, 0.6) is 0 Å². The maximum absolute atomic E-state index is 11.8. The first-order valence-corrected chi connectivity index (χ1v) is 13.9.